The number of anilines is 2. The Balaban J connectivity index is 1.50. The van der Waals surface area contributed by atoms with Crippen LogP contribution in [-0.2, 0) is 0 Å². The van der Waals surface area contributed by atoms with Crippen LogP contribution >= 0.6 is 0 Å². The third-order valence-electron chi connectivity index (χ3n) is 7.20. The van der Waals surface area contributed by atoms with Crippen LogP contribution in [0.2, 0.25) is 0 Å². The molecule has 174 valence electrons. The zero-order valence-electron chi connectivity index (χ0n) is 20.7. The van der Waals surface area contributed by atoms with Gasteiger partial charge >= 0.3 is 0 Å². The molecule has 4 rings (SSSR count). The summed E-state index contributed by atoms with van der Waals surface area (Å²) in [7, 11) is 2.18. The predicted octanol–water partition coefficient (Wildman–Crippen LogP) is 3.60. The van der Waals surface area contributed by atoms with Crippen LogP contribution in [0.1, 0.15) is 61.5 Å². The SMILES string of the molecule is Cc1ccc(C(C)CCN(c2nc(C(C)C)ccc2C)C2CNC2)nc1N(C)C1CNC1. The molecule has 6 heteroatoms. The van der Waals surface area contributed by atoms with Gasteiger partial charge in [0.25, 0.3) is 0 Å². The van der Waals surface area contributed by atoms with Crippen LogP contribution in [0, 0.1) is 13.8 Å². The average molecular weight is 437 g/mol. The molecule has 0 amide bonds. The lowest BCUT2D eigenvalue weighted by atomic mass is 10.00. The van der Waals surface area contributed by atoms with Crippen molar-refractivity contribution < 1.29 is 0 Å². The number of hydrogen-bond acceptors (Lipinski definition) is 6. The minimum Gasteiger partial charge on any atom is -0.354 e. The van der Waals surface area contributed by atoms with Gasteiger partial charge in [0.2, 0.25) is 0 Å². The van der Waals surface area contributed by atoms with Gasteiger partial charge in [-0.25, -0.2) is 9.97 Å². The molecule has 0 spiro atoms. The van der Waals surface area contributed by atoms with Gasteiger partial charge in [0.15, 0.2) is 0 Å². The molecule has 2 aliphatic rings. The lowest BCUT2D eigenvalue weighted by Gasteiger charge is -2.40. The maximum atomic E-state index is 5.11. The zero-order valence-corrected chi connectivity index (χ0v) is 20.7. The molecule has 0 aliphatic carbocycles. The first-order valence-electron chi connectivity index (χ1n) is 12.2. The molecule has 2 N–H and O–H groups in total. The van der Waals surface area contributed by atoms with Gasteiger partial charge in [-0.2, -0.15) is 0 Å². The van der Waals surface area contributed by atoms with Gasteiger partial charge in [0, 0.05) is 57.1 Å². The smallest absolute Gasteiger partial charge is 0.132 e. The summed E-state index contributed by atoms with van der Waals surface area (Å²) in [5, 5.41) is 6.81. The molecular formula is C26H40N6. The fourth-order valence-corrected chi connectivity index (χ4v) is 4.47. The topological polar surface area (TPSA) is 56.3 Å². The second-order valence-corrected chi connectivity index (χ2v) is 10.0. The maximum Gasteiger partial charge on any atom is 0.132 e. The first-order chi connectivity index (χ1) is 15.3. The number of pyridine rings is 2. The highest BCUT2D eigenvalue weighted by Crippen LogP contribution is 2.28. The molecular weight excluding hydrogens is 396 g/mol. The molecule has 2 aromatic rings. The summed E-state index contributed by atoms with van der Waals surface area (Å²) in [6.45, 7) is 16.3. The van der Waals surface area contributed by atoms with Gasteiger partial charge in [0.1, 0.15) is 11.6 Å². The summed E-state index contributed by atoms with van der Waals surface area (Å²) in [6, 6.07) is 9.94. The van der Waals surface area contributed by atoms with Crippen molar-refractivity contribution in [2.75, 3.05) is 49.6 Å². The molecule has 2 aliphatic heterocycles. The first kappa shape index (κ1) is 23.0. The minimum absolute atomic E-state index is 0.395. The van der Waals surface area contributed by atoms with Crippen molar-refractivity contribution in [3.63, 3.8) is 0 Å². The van der Waals surface area contributed by atoms with E-state index in [1.54, 1.807) is 0 Å². The van der Waals surface area contributed by atoms with Gasteiger partial charge in [-0.05, 0) is 49.4 Å². The third kappa shape index (κ3) is 4.76. The Morgan fingerprint density at radius 1 is 0.844 bits per heavy atom. The van der Waals surface area contributed by atoms with E-state index in [2.05, 4.69) is 86.4 Å². The van der Waals surface area contributed by atoms with Crippen LogP contribution in [0.25, 0.3) is 0 Å². The molecule has 2 saturated heterocycles. The Morgan fingerprint density at radius 3 is 1.97 bits per heavy atom. The lowest BCUT2D eigenvalue weighted by Crippen LogP contribution is -2.58. The van der Waals surface area contributed by atoms with Crippen LogP contribution in [0.15, 0.2) is 24.3 Å². The molecule has 4 heterocycles. The molecule has 2 fully saturated rings. The van der Waals surface area contributed by atoms with Gasteiger partial charge in [-0.1, -0.05) is 32.9 Å². The van der Waals surface area contributed by atoms with Crippen molar-refractivity contribution in [3.8, 4) is 0 Å². The van der Waals surface area contributed by atoms with Crippen molar-refractivity contribution in [2.45, 2.75) is 65.0 Å². The highest BCUT2D eigenvalue weighted by molar-refractivity contribution is 5.50. The molecule has 2 aromatic heterocycles. The van der Waals surface area contributed by atoms with E-state index in [0.29, 0.717) is 23.9 Å². The van der Waals surface area contributed by atoms with Crippen LogP contribution in [0.5, 0.6) is 0 Å². The fourth-order valence-electron chi connectivity index (χ4n) is 4.47. The molecule has 6 nitrogen and oxygen atoms in total. The standard InChI is InChI=1S/C26H40N6/c1-17(2)23-9-7-20(5)26(29-23)32(22-15-28-16-22)12-11-18(3)24-10-8-19(4)25(30-24)31(6)21-13-27-14-21/h7-10,17-18,21-22,27-28H,11-16H2,1-6H3. The second kappa shape index (κ2) is 9.75. The van der Waals surface area contributed by atoms with Crippen LogP contribution in [0.4, 0.5) is 11.6 Å². The second-order valence-electron chi connectivity index (χ2n) is 10.0. The molecule has 0 aromatic carbocycles. The van der Waals surface area contributed by atoms with Crippen molar-refractivity contribution >= 4 is 11.6 Å². The van der Waals surface area contributed by atoms with Crippen molar-refractivity contribution in [1.82, 2.24) is 20.6 Å². The van der Waals surface area contributed by atoms with E-state index in [1.165, 1.54) is 22.5 Å². The Labute approximate surface area is 193 Å². The quantitative estimate of drug-likeness (QED) is 0.626. The van der Waals surface area contributed by atoms with E-state index in [4.69, 9.17) is 9.97 Å². The molecule has 0 saturated carbocycles. The highest BCUT2D eigenvalue weighted by Gasteiger charge is 2.28. The minimum atomic E-state index is 0.395. The summed E-state index contributed by atoms with van der Waals surface area (Å²) >= 11 is 0. The number of aromatic nitrogens is 2. The Bertz CT molecular complexity index is 919. The fraction of sp³-hybridized carbons (Fsp3) is 0.615. The van der Waals surface area contributed by atoms with Crippen LogP contribution in [0.3, 0.4) is 0 Å². The summed E-state index contributed by atoms with van der Waals surface area (Å²) in [6.07, 6.45) is 1.06. The average Bonchev–Trinajstić information content (AvgIpc) is 2.68. The van der Waals surface area contributed by atoms with Gasteiger partial charge in [0.05, 0.1) is 12.1 Å². The Kier molecular flexibility index (Phi) is 7.01. The molecule has 32 heavy (non-hydrogen) atoms. The first-order valence-corrected chi connectivity index (χ1v) is 12.2. The van der Waals surface area contributed by atoms with Gasteiger partial charge in [-0.3, -0.25) is 0 Å². The predicted molar refractivity (Wildman–Crippen MR) is 134 cm³/mol. The number of nitrogens with one attached hydrogen (secondary N) is 2. The summed E-state index contributed by atoms with van der Waals surface area (Å²) in [5.41, 5.74) is 4.88. The van der Waals surface area contributed by atoms with Gasteiger partial charge in [-0.15, -0.1) is 0 Å². The van der Waals surface area contributed by atoms with Crippen molar-refractivity contribution in [1.29, 1.82) is 0 Å². The molecule has 0 bridgehead atoms. The Morgan fingerprint density at radius 2 is 1.41 bits per heavy atom. The molecule has 1 atom stereocenters. The van der Waals surface area contributed by atoms with Crippen molar-refractivity contribution in [2.24, 2.45) is 0 Å². The maximum absolute atomic E-state index is 5.11. The largest absolute Gasteiger partial charge is 0.354 e. The number of rotatable bonds is 9. The summed E-state index contributed by atoms with van der Waals surface area (Å²) in [5.74, 6) is 3.12. The van der Waals surface area contributed by atoms with E-state index in [-0.39, 0.29) is 0 Å². The number of aryl methyl sites for hydroxylation is 2. The van der Waals surface area contributed by atoms with Gasteiger partial charge < -0.3 is 20.4 Å². The number of likely N-dealkylation sites (N-methyl/N-ethyl adjacent to an activating group) is 1. The van der Waals surface area contributed by atoms with E-state index >= 15 is 0 Å². The Hall–Kier alpha value is -2.18. The monoisotopic (exact) mass is 436 g/mol. The molecule has 1 unspecified atom stereocenters. The summed E-state index contributed by atoms with van der Waals surface area (Å²) in [4.78, 5) is 15.1. The number of nitrogens with zero attached hydrogens (tertiary/aromatic N) is 4. The van der Waals surface area contributed by atoms with E-state index in [0.717, 1.165) is 50.8 Å². The van der Waals surface area contributed by atoms with Crippen LogP contribution in [-0.4, -0.2) is 61.8 Å². The van der Waals surface area contributed by atoms with E-state index < -0.39 is 0 Å². The lowest BCUT2D eigenvalue weighted by molar-refractivity contribution is 0.403. The summed E-state index contributed by atoms with van der Waals surface area (Å²) < 4.78 is 0. The van der Waals surface area contributed by atoms with Crippen molar-refractivity contribution in [3.05, 3.63) is 46.8 Å². The molecule has 0 radical (unpaired) electrons. The number of hydrogen-bond donors (Lipinski definition) is 2. The normalized spacial score (nSPS) is 17.7. The third-order valence-corrected chi connectivity index (χ3v) is 7.20. The highest BCUT2D eigenvalue weighted by atomic mass is 15.3. The van der Waals surface area contributed by atoms with E-state index in [9.17, 15) is 0 Å². The van der Waals surface area contributed by atoms with E-state index in [1.807, 2.05) is 0 Å². The van der Waals surface area contributed by atoms with Crippen LogP contribution < -0.4 is 20.4 Å². The zero-order chi connectivity index (χ0) is 22.8.